The van der Waals surface area contributed by atoms with Crippen LogP contribution in [0.4, 0.5) is 0 Å². The quantitative estimate of drug-likeness (QED) is 0.684. The molecule has 4 bridgehead atoms. The summed E-state index contributed by atoms with van der Waals surface area (Å²) in [4.78, 5) is 11.0. The number of rotatable bonds is 1. The summed E-state index contributed by atoms with van der Waals surface area (Å²) >= 11 is 0. The number of carboxylic acids is 1. The second-order valence-electron chi connectivity index (χ2n) is 4.73. The number of hydrogen-bond donors (Lipinski definition) is 1. The van der Waals surface area contributed by atoms with Gasteiger partial charge >= 0.3 is 5.97 Å². The van der Waals surface area contributed by atoms with E-state index in [1.54, 1.807) is 0 Å². The van der Waals surface area contributed by atoms with Crippen molar-refractivity contribution >= 4 is 5.97 Å². The summed E-state index contributed by atoms with van der Waals surface area (Å²) in [5.74, 6) is 1.26. The van der Waals surface area contributed by atoms with Gasteiger partial charge in [-0.1, -0.05) is 6.08 Å². The summed E-state index contributed by atoms with van der Waals surface area (Å²) in [5.41, 5.74) is 0.671. The molecular formula is C11H14O3. The molecule has 4 rings (SSSR count). The Kier molecular flexibility index (Phi) is 1.71. The van der Waals surface area contributed by atoms with Gasteiger partial charge in [0.2, 0.25) is 0 Å². The van der Waals surface area contributed by atoms with Crippen LogP contribution in [-0.4, -0.2) is 24.3 Å². The van der Waals surface area contributed by atoms with Crippen molar-refractivity contribution in [1.82, 2.24) is 0 Å². The number of hydrogen-bond acceptors (Lipinski definition) is 2. The first kappa shape index (κ1) is 8.48. The van der Waals surface area contributed by atoms with E-state index in [0.717, 1.165) is 26.1 Å². The maximum Gasteiger partial charge on any atom is 0.331 e. The molecule has 2 fully saturated rings. The van der Waals surface area contributed by atoms with Gasteiger partial charge in [-0.15, -0.1) is 0 Å². The van der Waals surface area contributed by atoms with Gasteiger partial charge in [0, 0.05) is 18.8 Å². The summed E-state index contributed by atoms with van der Waals surface area (Å²) in [7, 11) is 0. The van der Waals surface area contributed by atoms with E-state index in [9.17, 15) is 4.79 Å². The lowest BCUT2D eigenvalue weighted by atomic mass is 9.60. The van der Waals surface area contributed by atoms with Crippen molar-refractivity contribution in [3.8, 4) is 0 Å². The molecule has 0 spiro atoms. The first-order valence-electron chi connectivity index (χ1n) is 5.28. The lowest BCUT2D eigenvalue weighted by molar-refractivity contribution is -0.135. The van der Waals surface area contributed by atoms with Gasteiger partial charge in [0.1, 0.15) is 0 Å². The molecule has 0 amide bonds. The third kappa shape index (κ3) is 1.05. The monoisotopic (exact) mass is 194 g/mol. The van der Waals surface area contributed by atoms with Crippen molar-refractivity contribution in [2.75, 3.05) is 13.2 Å². The Morgan fingerprint density at radius 2 is 2.00 bits per heavy atom. The zero-order valence-electron chi connectivity index (χ0n) is 7.98. The number of aliphatic carboxylic acids is 1. The molecule has 14 heavy (non-hydrogen) atoms. The van der Waals surface area contributed by atoms with Gasteiger partial charge in [0.15, 0.2) is 0 Å². The van der Waals surface area contributed by atoms with Crippen LogP contribution in [0.2, 0.25) is 0 Å². The summed E-state index contributed by atoms with van der Waals surface area (Å²) < 4.78 is 5.51. The molecule has 1 saturated carbocycles. The van der Waals surface area contributed by atoms with E-state index in [2.05, 4.69) is 0 Å². The van der Waals surface area contributed by atoms with Gasteiger partial charge in [-0.25, -0.2) is 4.79 Å². The molecule has 0 aromatic heterocycles. The summed E-state index contributed by atoms with van der Waals surface area (Å²) in [6.07, 6.45) is 4.07. The van der Waals surface area contributed by atoms with Crippen LogP contribution in [0.15, 0.2) is 11.6 Å². The molecule has 4 atom stereocenters. The predicted molar refractivity (Wildman–Crippen MR) is 49.7 cm³/mol. The Balaban J connectivity index is 1.95. The molecule has 0 radical (unpaired) electrons. The van der Waals surface area contributed by atoms with Gasteiger partial charge < -0.3 is 9.84 Å². The molecule has 3 nitrogen and oxygen atoms in total. The summed E-state index contributed by atoms with van der Waals surface area (Å²) in [5, 5.41) is 9.02. The summed E-state index contributed by atoms with van der Waals surface area (Å²) in [6, 6.07) is 0. The van der Waals surface area contributed by atoms with E-state index < -0.39 is 5.97 Å². The van der Waals surface area contributed by atoms with Crippen LogP contribution in [0.25, 0.3) is 0 Å². The van der Waals surface area contributed by atoms with E-state index in [1.165, 1.54) is 0 Å². The molecular weight excluding hydrogens is 180 g/mol. The Labute approximate surface area is 82.8 Å². The van der Waals surface area contributed by atoms with Crippen molar-refractivity contribution < 1.29 is 14.6 Å². The van der Waals surface area contributed by atoms with Crippen LogP contribution in [0.3, 0.4) is 0 Å². The van der Waals surface area contributed by atoms with Crippen LogP contribution < -0.4 is 0 Å². The van der Waals surface area contributed by atoms with Gasteiger partial charge in [0.25, 0.3) is 0 Å². The van der Waals surface area contributed by atoms with Gasteiger partial charge in [-0.2, -0.15) is 0 Å². The van der Waals surface area contributed by atoms with E-state index in [1.807, 2.05) is 6.08 Å². The highest BCUT2D eigenvalue weighted by Gasteiger charge is 2.46. The maximum absolute atomic E-state index is 11.0. The van der Waals surface area contributed by atoms with E-state index in [4.69, 9.17) is 9.84 Å². The van der Waals surface area contributed by atoms with Crippen LogP contribution in [-0.2, 0) is 9.53 Å². The minimum absolute atomic E-state index is 0.302. The molecule has 3 aliphatic carbocycles. The third-order valence-electron chi connectivity index (χ3n) is 3.99. The molecule has 3 heteroatoms. The fourth-order valence-electron chi connectivity index (χ4n) is 3.37. The van der Waals surface area contributed by atoms with Gasteiger partial charge in [-0.05, 0) is 36.5 Å². The topological polar surface area (TPSA) is 46.5 Å². The van der Waals surface area contributed by atoms with Gasteiger partial charge in [-0.3, -0.25) is 0 Å². The van der Waals surface area contributed by atoms with Crippen molar-refractivity contribution in [2.45, 2.75) is 12.8 Å². The maximum atomic E-state index is 11.0. The SMILES string of the molecule is O=C(O)C1=CC2[C@@H]3COC[C@H]2CC1C3. The van der Waals surface area contributed by atoms with Crippen LogP contribution in [0.5, 0.6) is 0 Å². The van der Waals surface area contributed by atoms with E-state index in [-0.39, 0.29) is 0 Å². The summed E-state index contributed by atoms with van der Waals surface area (Å²) in [6.45, 7) is 1.67. The van der Waals surface area contributed by atoms with Crippen molar-refractivity contribution in [3.05, 3.63) is 11.6 Å². The molecule has 1 aliphatic heterocycles. The van der Waals surface area contributed by atoms with Gasteiger partial charge in [0.05, 0.1) is 0 Å². The first-order valence-corrected chi connectivity index (χ1v) is 5.28. The van der Waals surface area contributed by atoms with Crippen molar-refractivity contribution in [2.24, 2.45) is 23.7 Å². The van der Waals surface area contributed by atoms with Crippen molar-refractivity contribution in [1.29, 1.82) is 0 Å². The Bertz CT molecular complexity index is 294. The minimum atomic E-state index is -0.710. The van der Waals surface area contributed by atoms with Crippen molar-refractivity contribution in [3.63, 3.8) is 0 Å². The molecule has 2 unspecified atom stereocenters. The lowest BCUT2D eigenvalue weighted by Gasteiger charge is -2.48. The molecule has 0 aromatic carbocycles. The normalized spacial score (nSPS) is 44.7. The number of allylic oxidation sites excluding steroid dienone is 1. The van der Waals surface area contributed by atoms with E-state index >= 15 is 0 Å². The smallest absolute Gasteiger partial charge is 0.331 e. The van der Waals surface area contributed by atoms with E-state index in [0.29, 0.717) is 29.2 Å². The number of carbonyl (C=O) groups is 1. The predicted octanol–water partition coefficient (Wildman–Crippen LogP) is 1.30. The molecule has 0 aromatic rings. The highest BCUT2D eigenvalue weighted by atomic mass is 16.5. The molecule has 1 heterocycles. The third-order valence-corrected chi connectivity index (χ3v) is 3.99. The average Bonchev–Trinajstić information content (AvgIpc) is 2.16. The molecule has 4 aliphatic rings. The lowest BCUT2D eigenvalue weighted by Crippen LogP contribution is -2.46. The molecule has 1 saturated heterocycles. The average molecular weight is 194 g/mol. The number of carboxylic acid groups (broad SMARTS) is 1. The zero-order chi connectivity index (χ0) is 9.71. The zero-order valence-corrected chi connectivity index (χ0v) is 7.98. The van der Waals surface area contributed by atoms with Crippen LogP contribution in [0.1, 0.15) is 12.8 Å². The Morgan fingerprint density at radius 3 is 2.50 bits per heavy atom. The fourth-order valence-corrected chi connectivity index (χ4v) is 3.37. The fraction of sp³-hybridized carbons (Fsp3) is 0.727. The molecule has 76 valence electrons. The van der Waals surface area contributed by atoms with Crippen LogP contribution in [0, 0.1) is 23.7 Å². The Hall–Kier alpha value is -0.830. The highest BCUT2D eigenvalue weighted by molar-refractivity contribution is 5.87. The Morgan fingerprint density at radius 1 is 1.36 bits per heavy atom. The second-order valence-corrected chi connectivity index (χ2v) is 4.73. The number of ether oxygens (including phenoxy) is 1. The highest BCUT2D eigenvalue weighted by Crippen LogP contribution is 2.49. The standard InChI is InChI=1S/C11H14O3/c12-11(13)10-3-9-7-1-6(10)2-8(9)5-14-4-7/h3,6-9H,1-2,4-5H2,(H,12,13)/t6?,7-,8+,9?. The van der Waals surface area contributed by atoms with Crippen LogP contribution >= 0.6 is 0 Å². The second kappa shape index (κ2) is 2.83. The molecule has 1 N–H and O–H groups in total. The largest absolute Gasteiger partial charge is 0.478 e. The first-order chi connectivity index (χ1) is 6.75. The minimum Gasteiger partial charge on any atom is -0.478 e.